The molecule has 1 aromatic carbocycles. The summed E-state index contributed by atoms with van der Waals surface area (Å²) in [5.41, 5.74) is 0.959. The maximum absolute atomic E-state index is 13.8. The first-order chi connectivity index (χ1) is 14.6. The number of hydrogen-bond donors (Lipinski definition) is 1. The van der Waals surface area contributed by atoms with Gasteiger partial charge in [-0.1, -0.05) is 12.1 Å². The molecule has 0 spiro atoms. The number of nitrogens with one attached hydrogen (secondary N) is 1. The van der Waals surface area contributed by atoms with Crippen LogP contribution in [0, 0.1) is 5.82 Å². The minimum atomic E-state index is -0.513. The van der Waals surface area contributed by atoms with Crippen LogP contribution in [0.4, 0.5) is 4.39 Å². The van der Waals surface area contributed by atoms with Crippen molar-refractivity contribution in [3.63, 3.8) is 0 Å². The van der Waals surface area contributed by atoms with Crippen molar-refractivity contribution in [2.75, 3.05) is 13.1 Å². The normalized spacial score (nSPS) is 14.6. The Balaban J connectivity index is 1.22. The summed E-state index contributed by atoms with van der Waals surface area (Å²) in [5, 5.41) is 14.8. The minimum Gasteiger partial charge on any atom is -0.421 e. The van der Waals surface area contributed by atoms with Crippen molar-refractivity contribution in [2.45, 2.75) is 31.7 Å². The van der Waals surface area contributed by atoms with E-state index in [9.17, 15) is 14.0 Å². The van der Waals surface area contributed by atoms with Gasteiger partial charge in [-0.05, 0) is 36.4 Å². The fourth-order valence-electron chi connectivity index (χ4n) is 3.41. The molecule has 4 rings (SSSR count). The number of rotatable bonds is 6. The highest BCUT2D eigenvalue weighted by Crippen LogP contribution is 2.21. The van der Waals surface area contributed by atoms with Gasteiger partial charge in [0.2, 0.25) is 17.7 Å². The summed E-state index contributed by atoms with van der Waals surface area (Å²) in [5.74, 6) is -0.0313. The molecule has 3 aromatic rings. The zero-order valence-corrected chi connectivity index (χ0v) is 17.0. The summed E-state index contributed by atoms with van der Waals surface area (Å²) in [6, 6.07) is 7.88. The maximum atomic E-state index is 13.8. The Morgan fingerprint density at radius 2 is 2.00 bits per heavy atom. The highest BCUT2D eigenvalue weighted by Gasteiger charge is 2.26. The number of halogens is 1. The van der Waals surface area contributed by atoms with Gasteiger partial charge >= 0.3 is 0 Å². The van der Waals surface area contributed by atoms with Crippen molar-refractivity contribution in [1.29, 1.82) is 0 Å². The average Bonchev–Trinajstić information content (AvgIpc) is 3.45. The maximum Gasteiger partial charge on any atom is 0.256 e. The molecule has 9 heteroatoms. The zero-order valence-electron chi connectivity index (χ0n) is 16.2. The molecule has 2 amide bonds. The van der Waals surface area contributed by atoms with Gasteiger partial charge in [-0.2, -0.15) is 11.3 Å². The van der Waals surface area contributed by atoms with Crippen LogP contribution in [0.25, 0.3) is 11.5 Å². The van der Waals surface area contributed by atoms with E-state index in [-0.39, 0.29) is 29.8 Å². The molecule has 0 atom stereocenters. The molecule has 1 saturated heterocycles. The monoisotopic (exact) mass is 428 g/mol. The molecule has 0 aliphatic carbocycles. The molecule has 7 nitrogen and oxygen atoms in total. The number of aryl methyl sites for hydroxylation is 1. The van der Waals surface area contributed by atoms with Crippen molar-refractivity contribution in [1.82, 2.24) is 20.4 Å². The van der Waals surface area contributed by atoms with Gasteiger partial charge in [-0.15, -0.1) is 10.2 Å². The van der Waals surface area contributed by atoms with Gasteiger partial charge in [0.15, 0.2) is 0 Å². The second kappa shape index (κ2) is 9.17. The number of benzene rings is 1. The van der Waals surface area contributed by atoms with Gasteiger partial charge < -0.3 is 14.6 Å². The summed E-state index contributed by atoms with van der Waals surface area (Å²) < 4.78 is 19.4. The van der Waals surface area contributed by atoms with E-state index >= 15 is 0 Å². The third-order valence-electron chi connectivity index (χ3n) is 5.05. The van der Waals surface area contributed by atoms with Crippen LogP contribution in [0.5, 0.6) is 0 Å². The molecular formula is C21H21FN4O3S. The Bertz CT molecular complexity index is 1010. The topological polar surface area (TPSA) is 88.3 Å². The van der Waals surface area contributed by atoms with Gasteiger partial charge in [0, 0.05) is 42.9 Å². The standard InChI is InChI=1S/C21H21FN4O3S/c22-17-4-2-1-3-16(17)21(28)26-10-7-15(8-11-26)23-18(27)5-6-19-24-25-20(29-19)14-9-12-30-13-14/h1-4,9,12-13,15H,5-8,10-11H2,(H,23,27). The van der Waals surface area contributed by atoms with Crippen LogP contribution in [0.15, 0.2) is 45.5 Å². The second-order valence-corrected chi connectivity index (χ2v) is 7.91. The highest BCUT2D eigenvalue weighted by atomic mass is 32.1. The molecule has 1 N–H and O–H groups in total. The fraction of sp³-hybridized carbons (Fsp3) is 0.333. The highest BCUT2D eigenvalue weighted by molar-refractivity contribution is 7.08. The van der Waals surface area contributed by atoms with Gasteiger partial charge in [0.1, 0.15) is 5.82 Å². The van der Waals surface area contributed by atoms with Crippen LogP contribution in [-0.4, -0.2) is 46.0 Å². The number of likely N-dealkylation sites (tertiary alicyclic amines) is 1. The average molecular weight is 428 g/mol. The lowest BCUT2D eigenvalue weighted by Crippen LogP contribution is -2.46. The molecular weight excluding hydrogens is 407 g/mol. The second-order valence-electron chi connectivity index (χ2n) is 7.13. The lowest BCUT2D eigenvalue weighted by atomic mass is 10.0. The fourth-order valence-corrected chi connectivity index (χ4v) is 4.04. The first-order valence-electron chi connectivity index (χ1n) is 9.78. The molecule has 0 radical (unpaired) electrons. The third-order valence-corrected chi connectivity index (χ3v) is 5.74. The van der Waals surface area contributed by atoms with E-state index in [0.29, 0.717) is 44.1 Å². The van der Waals surface area contributed by atoms with Crippen LogP contribution in [-0.2, 0) is 11.2 Å². The minimum absolute atomic E-state index is 0.00813. The van der Waals surface area contributed by atoms with Crippen LogP contribution >= 0.6 is 11.3 Å². The predicted molar refractivity (Wildman–Crippen MR) is 109 cm³/mol. The Labute approximate surface area is 176 Å². The van der Waals surface area contributed by atoms with Crippen molar-refractivity contribution in [2.24, 2.45) is 0 Å². The molecule has 1 fully saturated rings. The lowest BCUT2D eigenvalue weighted by Gasteiger charge is -2.32. The molecule has 0 unspecified atom stereocenters. The number of nitrogens with zero attached hydrogens (tertiary/aromatic N) is 3. The summed E-state index contributed by atoms with van der Waals surface area (Å²) in [4.78, 5) is 26.4. The Hall–Kier alpha value is -3.07. The molecule has 2 aromatic heterocycles. The summed E-state index contributed by atoms with van der Waals surface area (Å²) in [7, 11) is 0. The SMILES string of the molecule is O=C(CCc1nnc(-c2ccsc2)o1)NC1CCN(C(=O)c2ccccc2F)CC1. The third kappa shape index (κ3) is 4.73. The van der Waals surface area contributed by atoms with Crippen LogP contribution in [0.3, 0.4) is 0 Å². The molecule has 30 heavy (non-hydrogen) atoms. The number of piperidine rings is 1. The van der Waals surface area contributed by atoms with Crippen molar-refractivity contribution >= 4 is 23.2 Å². The number of aromatic nitrogens is 2. The van der Waals surface area contributed by atoms with Crippen LogP contribution in [0.2, 0.25) is 0 Å². The quantitative estimate of drug-likeness (QED) is 0.651. The molecule has 1 aliphatic heterocycles. The Morgan fingerprint density at radius 1 is 1.20 bits per heavy atom. The first kappa shape index (κ1) is 20.2. The Kier molecular flexibility index (Phi) is 6.18. The summed E-state index contributed by atoms with van der Waals surface area (Å²) >= 11 is 1.55. The van der Waals surface area contributed by atoms with Crippen LogP contribution in [0.1, 0.15) is 35.5 Å². The summed E-state index contributed by atoms with van der Waals surface area (Å²) in [6.07, 6.45) is 1.89. The molecule has 0 bridgehead atoms. The van der Waals surface area contributed by atoms with E-state index in [0.717, 1.165) is 5.56 Å². The van der Waals surface area contributed by atoms with E-state index in [4.69, 9.17) is 4.42 Å². The molecule has 1 aliphatic rings. The van der Waals surface area contributed by atoms with E-state index in [1.165, 1.54) is 12.1 Å². The number of thiophene rings is 1. The van der Waals surface area contributed by atoms with Crippen LogP contribution < -0.4 is 5.32 Å². The zero-order chi connectivity index (χ0) is 20.9. The number of carbonyl (C=O) groups excluding carboxylic acids is 2. The van der Waals surface area contributed by atoms with Gasteiger partial charge in [-0.25, -0.2) is 4.39 Å². The van der Waals surface area contributed by atoms with E-state index in [2.05, 4.69) is 15.5 Å². The summed E-state index contributed by atoms with van der Waals surface area (Å²) in [6.45, 7) is 0.956. The first-order valence-corrected chi connectivity index (χ1v) is 10.7. The van der Waals surface area contributed by atoms with E-state index < -0.39 is 5.82 Å². The van der Waals surface area contributed by atoms with Crippen molar-refractivity contribution < 1.29 is 18.4 Å². The number of carbonyl (C=O) groups is 2. The predicted octanol–water partition coefficient (Wildman–Crippen LogP) is 3.29. The molecule has 156 valence electrons. The van der Waals surface area contributed by atoms with Gasteiger partial charge in [0.05, 0.1) is 5.56 Å². The van der Waals surface area contributed by atoms with Gasteiger partial charge in [0.25, 0.3) is 5.91 Å². The molecule has 0 saturated carbocycles. The Morgan fingerprint density at radius 3 is 2.73 bits per heavy atom. The van der Waals surface area contributed by atoms with E-state index in [1.54, 1.807) is 28.4 Å². The van der Waals surface area contributed by atoms with Gasteiger partial charge in [-0.3, -0.25) is 9.59 Å². The smallest absolute Gasteiger partial charge is 0.256 e. The number of amides is 2. The van der Waals surface area contributed by atoms with Crippen molar-refractivity contribution in [3.8, 4) is 11.5 Å². The van der Waals surface area contributed by atoms with E-state index in [1.807, 2.05) is 16.8 Å². The van der Waals surface area contributed by atoms with Crippen molar-refractivity contribution in [3.05, 3.63) is 58.4 Å². The number of hydrogen-bond acceptors (Lipinski definition) is 6. The molecule has 3 heterocycles. The lowest BCUT2D eigenvalue weighted by molar-refractivity contribution is -0.122. The largest absolute Gasteiger partial charge is 0.421 e.